The molecule has 0 bridgehead atoms. The summed E-state index contributed by atoms with van der Waals surface area (Å²) in [4.78, 5) is 0. The van der Waals surface area contributed by atoms with Crippen molar-refractivity contribution < 1.29 is 18.3 Å². The number of aliphatic hydroxyl groups excluding tert-OH is 1. The van der Waals surface area contributed by atoms with Gasteiger partial charge in [-0.3, -0.25) is 0 Å². The van der Waals surface area contributed by atoms with E-state index in [1.165, 1.54) is 4.31 Å². The summed E-state index contributed by atoms with van der Waals surface area (Å²) in [6, 6.07) is 1.20. The lowest BCUT2D eigenvalue weighted by Crippen LogP contribution is -2.50. The number of ether oxygens (including phenoxy) is 1. The van der Waals surface area contributed by atoms with Crippen molar-refractivity contribution in [3.63, 3.8) is 0 Å². The Balaban J connectivity index is 2.34. The number of morpholine rings is 1. The fourth-order valence-electron chi connectivity index (χ4n) is 1.67. The zero-order valence-electron chi connectivity index (χ0n) is 8.87. The number of aliphatic hydroxyl groups is 1. The van der Waals surface area contributed by atoms with Gasteiger partial charge in [0.15, 0.2) is 0 Å². The molecule has 2 heterocycles. The van der Waals surface area contributed by atoms with Crippen LogP contribution in [0, 0.1) is 0 Å². The van der Waals surface area contributed by atoms with Crippen molar-refractivity contribution in [3.05, 3.63) is 15.9 Å². The highest BCUT2D eigenvalue weighted by Gasteiger charge is 2.35. The second-order valence-corrected chi connectivity index (χ2v) is 7.44. The number of halogens is 1. The van der Waals surface area contributed by atoms with E-state index in [0.717, 1.165) is 11.3 Å². The van der Waals surface area contributed by atoms with Gasteiger partial charge in [-0.1, -0.05) is 0 Å². The zero-order valence-corrected chi connectivity index (χ0v) is 12.1. The molecule has 1 atom stereocenters. The SMILES string of the molecule is O=S(=O)(c1sccc1Br)N1CCOCC1CO. The molecule has 0 amide bonds. The van der Waals surface area contributed by atoms with Crippen LogP contribution in [0.5, 0.6) is 0 Å². The van der Waals surface area contributed by atoms with Crippen molar-refractivity contribution in [1.29, 1.82) is 0 Å². The molecule has 0 spiro atoms. The standard InChI is InChI=1S/C9H12BrNO4S2/c10-8-1-4-16-9(8)17(13,14)11-2-3-15-6-7(11)5-12/h1,4,7,12H,2-3,5-6H2. The van der Waals surface area contributed by atoms with E-state index in [9.17, 15) is 13.5 Å². The van der Waals surface area contributed by atoms with Crippen LogP contribution in [0.25, 0.3) is 0 Å². The van der Waals surface area contributed by atoms with Crippen LogP contribution in [0.4, 0.5) is 0 Å². The molecular weight excluding hydrogens is 330 g/mol. The molecule has 2 rings (SSSR count). The molecule has 1 unspecified atom stereocenters. The average molecular weight is 342 g/mol. The first-order valence-electron chi connectivity index (χ1n) is 5.01. The van der Waals surface area contributed by atoms with Gasteiger partial charge in [0.05, 0.1) is 25.9 Å². The van der Waals surface area contributed by atoms with E-state index in [4.69, 9.17) is 4.74 Å². The maximum absolute atomic E-state index is 12.4. The van der Waals surface area contributed by atoms with E-state index >= 15 is 0 Å². The Kier molecular flexibility index (Phi) is 4.22. The lowest BCUT2D eigenvalue weighted by Gasteiger charge is -2.33. The molecule has 5 nitrogen and oxygen atoms in total. The molecule has 1 N–H and O–H groups in total. The second kappa shape index (κ2) is 5.33. The van der Waals surface area contributed by atoms with Gasteiger partial charge in [-0.05, 0) is 27.4 Å². The van der Waals surface area contributed by atoms with Crippen LogP contribution in [0.15, 0.2) is 20.1 Å². The van der Waals surface area contributed by atoms with Crippen LogP contribution in [-0.4, -0.2) is 50.2 Å². The molecule has 1 aromatic rings. The highest BCUT2D eigenvalue weighted by Crippen LogP contribution is 2.31. The van der Waals surface area contributed by atoms with E-state index in [-0.39, 0.29) is 24.0 Å². The van der Waals surface area contributed by atoms with E-state index in [1.54, 1.807) is 11.4 Å². The monoisotopic (exact) mass is 341 g/mol. The maximum Gasteiger partial charge on any atom is 0.254 e. The summed E-state index contributed by atoms with van der Waals surface area (Å²) in [6.07, 6.45) is 0. The van der Waals surface area contributed by atoms with Crippen molar-refractivity contribution in [1.82, 2.24) is 4.31 Å². The van der Waals surface area contributed by atoms with Gasteiger partial charge in [-0.25, -0.2) is 8.42 Å². The Bertz CT molecular complexity index is 487. The van der Waals surface area contributed by atoms with Crippen molar-refractivity contribution in [3.8, 4) is 0 Å². The molecular formula is C9H12BrNO4S2. The smallest absolute Gasteiger partial charge is 0.254 e. The van der Waals surface area contributed by atoms with Gasteiger partial charge in [0.1, 0.15) is 4.21 Å². The van der Waals surface area contributed by atoms with Crippen molar-refractivity contribution in [2.24, 2.45) is 0 Å². The molecule has 1 aliphatic heterocycles. The molecule has 0 aromatic carbocycles. The highest BCUT2D eigenvalue weighted by molar-refractivity contribution is 9.10. The van der Waals surface area contributed by atoms with E-state index in [2.05, 4.69) is 15.9 Å². The van der Waals surface area contributed by atoms with Crippen LogP contribution in [0.1, 0.15) is 0 Å². The van der Waals surface area contributed by atoms with Gasteiger partial charge in [-0.2, -0.15) is 4.31 Å². The lowest BCUT2D eigenvalue weighted by atomic mass is 10.3. The molecule has 96 valence electrons. The molecule has 0 aliphatic carbocycles. The van der Waals surface area contributed by atoms with Crippen LogP contribution in [-0.2, 0) is 14.8 Å². The summed E-state index contributed by atoms with van der Waals surface area (Å²) < 4.78 is 32.1. The van der Waals surface area contributed by atoms with Crippen LogP contribution >= 0.6 is 27.3 Å². The topological polar surface area (TPSA) is 66.8 Å². The molecule has 1 aromatic heterocycles. The summed E-state index contributed by atoms with van der Waals surface area (Å²) >= 11 is 4.39. The van der Waals surface area contributed by atoms with Gasteiger partial charge in [0.25, 0.3) is 10.0 Å². The number of nitrogens with zero attached hydrogens (tertiary/aromatic N) is 1. The van der Waals surface area contributed by atoms with Crippen LogP contribution in [0.3, 0.4) is 0 Å². The van der Waals surface area contributed by atoms with E-state index in [1.807, 2.05) is 0 Å². The van der Waals surface area contributed by atoms with Gasteiger partial charge < -0.3 is 9.84 Å². The minimum Gasteiger partial charge on any atom is -0.395 e. The van der Waals surface area contributed by atoms with Crippen LogP contribution in [0.2, 0.25) is 0 Å². The minimum absolute atomic E-state index is 0.234. The van der Waals surface area contributed by atoms with Gasteiger partial charge in [-0.15, -0.1) is 11.3 Å². The van der Waals surface area contributed by atoms with E-state index in [0.29, 0.717) is 11.1 Å². The Labute approximate surface area is 112 Å². The Morgan fingerprint density at radius 1 is 1.65 bits per heavy atom. The average Bonchev–Trinajstić information content (AvgIpc) is 2.76. The zero-order chi connectivity index (χ0) is 12.5. The van der Waals surface area contributed by atoms with E-state index < -0.39 is 16.1 Å². The number of thiophene rings is 1. The largest absolute Gasteiger partial charge is 0.395 e. The van der Waals surface area contributed by atoms with Crippen LogP contribution < -0.4 is 0 Å². The number of hydrogen-bond acceptors (Lipinski definition) is 5. The third-order valence-electron chi connectivity index (χ3n) is 2.51. The molecule has 1 aliphatic rings. The fraction of sp³-hybridized carbons (Fsp3) is 0.556. The lowest BCUT2D eigenvalue weighted by molar-refractivity contribution is 0.0110. The molecule has 1 saturated heterocycles. The number of rotatable bonds is 3. The van der Waals surface area contributed by atoms with Gasteiger partial charge >= 0.3 is 0 Å². The Morgan fingerprint density at radius 3 is 3.00 bits per heavy atom. The number of sulfonamides is 1. The van der Waals surface area contributed by atoms with Crippen molar-refractivity contribution in [2.45, 2.75) is 10.3 Å². The molecule has 8 heteroatoms. The van der Waals surface area contributed by atoms with Gasteiger partial charge in [0, 0.05) is 11.0 Å². The van der Waals surface area contributed by atoms with Gasteiger partial charge in [0.2, 0.25) is 0 Å². The van der Waals surface area contributed by atoms with Crippen molar-refractivity contribution in [2.75, 3.05) is 26.4 Å². The predicted octanol–water partition coefficient (Wildman–Crippen LogP) is 0.892. The first kappa shape index (κ1) is 13.4. The Morgan fingerprint density at radius 2 is 2.41 bits per heavy atom. The first-order chi connectivity index (χ1) is 8.07. The fourth-order valence-corrected chi connectivity index (χ4v) is 5.68. The third-order valence-corrected chi connectivity index (χ3v) is 7.11. The molecule has 17 heavy (non-hydrogen) atoms. The quantitative estimate of drug-likeness (QED) is 0.886. The summed E-state index contributed by atoms with van der Waals surface area (Å²) in [5.41, 5.74) is 0. The second-order valence-electron chi connectivity index (χ2n) is 3.58. The number of hydrogen-bond donors (Lipinski definition) is 1. The Hall–Kier alpha value is 0.01000. The molecule has 0 saturated carbocycles. The molecule has 1 fully saturated rings. The first-order valence-corrected chi connectivity index (χ1v) is 8.12. The summed E-state index contributed by atoms with van der Waals surface area (Å²) in [6.45, 7) is 0.636. The molecule has 0 radical (unpaired) electrons. The summed E-state index contributed by atoms with van der Waals surface area (Å²) in [7, 11) is -3.55. The predicted molar refractivity (Wildman–Crippen MR) is 67.6 cm³/mol. The maximum atomic E-state index is 12.4. The van der Waals surface area contributed by atoms with Crippen molar-refractivity contribution >= 4 is 37.3 Å². The summed E-state index contributed by atoms with van der Waals surface area (Å²) in [5.74, 6) is 0. The third kappa shape index (κ3) is 2.56. The minimum atomic E-state index is -3.55. The summed E-state index contributed by atoms with van der Waals surface area (Å²) in [5, 5.41) is 10.9. The highest BCUT2D eigenvalue weighted by atomic mass is 79.9. The normalized spacial score (nSPS) is 22.8.